The predicted molar refractivity (Wildman–Crippen MR) is 125 cm³/mol. The van der Waals surface area contributed by atoms with Gasteiger partial charge in [-0.2, -0.15) is 10.4 Å². The fourth-order valence-corrected chi connectivity index (χ4v) is 3.61. The molecule has 0 unspecified atom stereocenters. The molecular formula is C24H28F3N5O3. The highest BCUT2D eigenvalue weighted by atomic mass is 19.4. The van der Waals surface area contributed by atoms with E-state index in [-0.39, 0.29) is 12.4 Å². The molecule has 11 heteroatoms. The van der Waals surface area contributed by atoms with Crippen LogP contribution in [0.15, 0.2) is 36.5 Å². The number of H-pyrrole nitrogens is 1. The number of hydrogen-bond donors (Lipinski definition) is 4. The van der Waals surface area contributed by atoms with Gasteiger partial charge in [0.15, 0.2) is 0 Å². The summed E-state index contributed by atoms with van der Waals surface area (Å²) in [5, 5.41) is 32.6. The van der Waals surface area contributed by atoms with Crippen LogP contribution in [-0.2, 0) is 24.3 Å². The molecule has 1 aromatic heterocycles. The summed E-state index contributed by atoms with van der Waals surface area (Å²) in [4.78, 5) is 0. The van der Waals surface area contributed by atoms with Crippen LogP contribution in [0.2, 0.25) is 0 Å². The van der Waals surface area contributed by atoms with Crippen molar-refractivity contribution in [2.75, 3.05) is 31.6 Å². The number of hydrogen-bond acceptors (Lipinski definition) is 7. The van der Waals surface area contributed by atoms with E-state index in [1.54, 1.807) is 12.3 Å². The van der Waals surface area contributed by atoms with E-state index in [9.17, 15) is 18.3 Å². The molecule has 0 atom stereocenters. The van der Waals surface area contributed by atoms with Gasteiger partial charge in [0.2, 0.25) is 0 Å². The van der Waals surface area contributed by atoms with Gasteiger partial charge in [-0.25, -0.2) is 0 Å². The normalized spacial score (nSPS) is 11.5. The Morgan fingerprint density at radius 2 is 1.86 bits per heavy atom. The van der Waals surface area contributed by atoms with Crippen LogP contribution in [0.5, 0.6) is 5.75 Å². The average molecular weight is 492 g/mol. The van der Waals surface area contributed by atoms with E-state index in [1.807, 2.05) is 12.1 Å². The van der Waals surface area contributed by atoms with Crippen molar-refractivity contribution in [1.82, 2.24) is 15.5 Å². The van der Waals surface area contributed by atoms with Crippen LogP contribution < -0.4 is 15.4 Å². The molecule has 1 heterocycles. The minimum atomic E-state index is -4.78. The first-order valence-electron chi connectivity index (χ1n) is 11.2. The van der Waals surface area contributed by atoms with E-state index < -0.39 is 6.36 Å². The molecule has 0 saturated carbocycles. The third-order valence-electron chi connectivity index (χ3n) is 5.13. The summed E-state index contributed by atoms with van der Waals surface area (Å²) in [5.41, 5.74) is 3.65. The van der Waals surface area contributed by atoms with Crippen molar-refractivity contribution in [3.8, 4) is 11.8 Å². The van der Waals surface area contributed by atoms with Crippen LogP contribution in [-0.4, -0.2) is 48.0 Å². The minimum absolute atomic E-state index is 0.323. The third-order valence-corrected chi connectivity index (χ3v) is 5.13. The number of fused-ring (bicyclic) bond motifs is 1. The van der Waals surface area contributed by atoms with Crippen molar-refractivity contribution in [3.05, 3.63) is 53.2 Å². The smallest absolute Gasteiger partial charge is 0.406 e. The number of benzene rings is 2. The van der Waals surface area contributed by atoms with Crippen LogP contribution in [0.4, 0.5) is 18.9 Å². The Morgan fingerprint density at radius 1 is 1.03 bits per heavy atom. The fraction of sp³-hybridized carbons (Fsp3) is 0.417. The Kier molecular flexibility index (Phi) is 9.72. The first kappa shape index (κ1) is 26.3. The average Bonchev–Trinajstić information content (AvgIpc) is 3.28. The van der Waals surface area contributed by atoms with E-state index >= 15 is 0 Å². The summed E-state index contributed by atoms with van der Waals surface area (Å²) in [6.45, 7) is 2.38. The Balaban J connectivity index is 1.30. The summed E-state index contributed by atoms with van der Waals surface area (Å²) in [5.74, 6) is -0.340. The molecule has 0 fully saturated rings. The summed E-state index contributed by atoms with van der Waals surface area (Å²) < 4.78 is 47.0. The lowest BCUT2D eigenvalue weighted by molar-refractivity contribution is -0.274. The van der Waals surface area contributed by atoms with Crippen LogP contribution in [0, 0.1) is 11.3 Å². The van der Waals surface area contributed by atoms with Gasteiger partial charge in [-0.3, -0.25) is 5.10 Å². The molecule has 0 spiro atoms. The quantitative estimate of drug-likeness (QED) is 0.252. The summed E-state index contributed by atoms with van der Waals surface area (Å²) in [6, 6.07) is 10.1. The lowest BCUT2D eigenvalue weighted by Crippen LogP contribution is -2.18. The zero-order chi connectivity index (χ0) is 25.1. The molecule has 0 saturated heterocycles. The SMILES string of the molecule is N#CCc1cc(NCCOCCCCNCc2cc(CO)cc(OC(F)(F)F)c2)c2cn[nH]c2c1. The van der Waals surface area contributed by atoms with Crippen molar-refractivity contribution in [2.45, 2.75) is 38.8 Å². The fourth-order valence-electron chi connectivity index (χ4n) is 3.61. The number of aliphatic hydroxyl groups excluding tert-OH is 1. The Hall–Kier alpha value is -3.33. The zero-order valence-electron chi connectivity index (χ0n) is 19.1. The molecule has 0 aliphatic rings. The van der Waals surface area contributed by atoms with Crippen LogP contribution >= 0.6 is 0 Å². The Bertz CT molecular complexity index is 1130. The topological polar surface area (TPSA) is 115 Å². The highest BCUT2D eigenvalue weighted by Crippen LogP contribution is 2.26. The van der Waals surface area contributed by atoms with E-state index in [0.29, 0.717) is 50.4 Å². The molecule has 188 valence electrons. The van der Waals surface area contributed by atoms with Gasteiger partial charge in [0.1, 0.15) is 5.75 Å². The van der Waals surface area contributed by atoms with Gasteiger partial charge in [0.25, 0.3) is 0 Å². The predicted octanol–water partition coefficient (Wildman–Crippen LogP) is 4.02. The molecule has 0 radical (unpaired) electrons. The van der Waals surface area contributed by atoms with E-state index in [2.05, 4.69) is 31.6 Å². The standard InChI is InChI=1S/C24H28F3N5O3/c25-24(26,27)35-20-10-18(9-19(11-20)16-33)14-29-5-1-2-7-34-8-6-30-22-12-17(3-4-28)13-23-21(22)15-31-32-23/h9-13,15,29-30,33H,1-3,5-8,14,16H2,(H,31,32). The first-order chi connectivity index (χ1) is 16.9. The Labute approximate surface area is 201 Å². The first-order valence-corrected chi connectivity index (χ1v) is 11.2. The van der Waals surface area contributed by atoms with Crippen molar-refractivity contribution in [2.24, 2.45) is 0 Å². The third kappa shape index (κ3) is 8.75. The molecule has 8 nitrogen and oxygen atoms in total. The second-order valence-corrected chi connectivity index (χ2v) is 7.92. The van der Waals surface area contributed by atoms with Gasteiger partial charge < -0.3 is 25.2 Å². The van der Waals surface area contributed by atoms with Crippen molar-refractivity contribution < 1.29 is 27.8 Å². The number of halogens is 3. The number of nitrogens with zero attached hydrogens (tertiary/aromatic N) is 2. The van der Waals surface area contributed by atoms with E-state index in [1.165, 1.54) is 12.1 Å². The molecule has 0 amide bonds. The maximum atomic E-state index is 12.5. The molecule has 35 heavy (non-hydrogen) atoms. The van der Waals surface area contributed by atoms with Gasteiger partial charge in [-0.1, -0.05) is 6.07 Å². The number of rotatable bonds is 14. The number of unbranched alkanes of at least 4 members (excludes halogenated alkanes) is 1. The maximum absolute atomic E-state index is 12.5. The summed E-state index contributed by atoms with van der Waals surface area (Å²) >= 11 is 0. The summed E-state index contributed by atoms with van der Waals surface area (Å²) in [7, 11) is 0. The number of nitrogens with one attached hydrogen (secondary N) is 3. The Morgan fingerprint density at radius 3 is 2.63 bits per heavy atom. The largest absolute Gasteiger partial charge is 0.573 e. The van der Waals surface area contributed by atoms with Gasteiger partial charge in [-0.05, 0) is 60.3 Å². The van der Waals surface area contributed by atoms with Crippen LogP contribution in [0.1, 0.15) is 29.5 Å². The molecule has 3 rings (SSSR count). The number of nitriles is 1. The molecule has 0 aliphatic heterocycles. The molecule has 4 N–H and O–H groups in total. The van der Waals surface area contributed by atoms with Gasteiger partial charge >= 0.3 is 6.36 Å². The number of alkyl halides is 3. The van der Waals surface area contributed by atoms with Crippen molar-refractivity contribution >= 4 is 16.6 Å². The van der Waals surface area contributed by atoms with Crippen molar-refractivity contribution in [3.63, 3.8) is 0 Å². The zero-order valence-corrected chi connectivity index (χ0v) is 19.1. The molecule has 2 aromatic carbocycles. The summed E-state index contributed by atoms with van der Waals surface area (Å²) in [6.07, 6.45) is -1.04. The van der Waals surface area contributed by atoms with Gasteiger partial charge in [0.05, 0.1) is 37.4 Å². The molecular weight excluding hydrogens is 463 g/mol. The maximum Gasteiger partial charge on any atom is 0.573 e. The molecule has 0 aliphatic carbocycles. The van der Waals surface area contributed by atoms with Gasteiger partial charge in [-0.15, -0.1) is 13.2 Å². The molecule has 3 aromatic rings. The number of aromatic nitrogens is 2. The highest BCUT2D eigenvalue weighted by molar-refractivity contribution is 5.91. The van der Waals surface area contributed by atoms with E-state index in [4.69, 9.17) is 10.00 Å². The number of aliphatic hydroxyl groups is 1. The van der Waals surface area contributed by atoms with Gasteiger partial charge in [0, 0.05) is 30.8 Å². The lowest BCUT2D eigenvalue weighted by atomic mass is 10.1. The number of anilines is 1. The number of ether oxygens (including phenoxy) is 2. The van der Waals surface area contributed by atoms with Crippen LogP contribution in [0.25, 0.3) is 10.9 Å². The minimum Gasteiger partial charge on any atom is -0.406 e. The van der Waals surface area contributed by atoms with E-state index in [0.717, 1.165) is 35.0 Å². The second-order valence-electron chi connectivity index (χ2n) is 7.92. The monoisotopic (exact) mass is 491 g/mol. The highest BCUT2D eigenvalue weighted by Gasteiger charge is 2.31. The number of aromatic amines is 1. The second kappa shape index (κ2) is 12.9. The van der Waals surface area contributed by atoms with Crippen molar-refractivity contribution in [1.29, 1.82) is 5.26 Å². The molecule has 0 bridgehead atoms. The van der Waals surface area contributed by atoms with Crippen LogP contribution in [0.3, 0.4) is 0 Å². The lowest BCUT2D eigenvalue weighted by Gasteiger charge is -2.12.